The maximum Gasteiger partial charge on any atom is 0.175 e. The van der Waals surface area contributed by atoms with E-state index in [1.807, 2.05) is 0 Å². The van der Waals surface area contributed by atoms with Gasteiger partial charge in [0.25, 0.3) is 0 Å². The van der Waals surface area contributed by atoms with Crippen LogP contribution in [-0.2, 0) is 9.84 Å². The Morgan fingerprint density at radius 3 is 1.90 bits per heavy atom. The summed E-state index contributed by atoms with van der Waals surface area (Å²) >= 11 is 0. The molecule has 0 spiro atoms. The van der Waals surface area contributed by atoms with Crippen LogP contribution in [0.25, 0.3) is 0 Å². The minimum absolute atomic E-state index is 0.200. The van der Waals surface area contributed by atoms with Crippen molar-refractivity contribution in [1.29, 1.82) is 0 Å². The number of sulfone groups is 1. The van der Waals surface area contributed by atoms with Gasteiger partial charge in [-0.15, -0.1) is 0 Å². The molecule has 0 radical (unpaired) electrons. The van der Waals surface area contributed by atoms with Gasteiger partial charge in [-0.25, -0.2) is 17.2 Å². The van der Waals surface area contributed by atoms with Crippen molar-refractivity contribution in [2.45, 2.75) is 10.9 Å². The monoisotopic (exact) mass is 311 g/mol. The summed E-state index contributed by atoms with van der Waals surface area (Å²) in [4.78, 5) is 0.200. The highest BCUT2D eigenvalue weighted by molar-refractivity contribution is 7.90. The minimum atomic E-state index is -3.27. The molecule has 0 aromatic heterocycles. The van der Waals surface area contributed by atoms with E-state index in [0.717, 1.165) is 17.9 Å². The van der Waals surface area contributed by atoms with Crippen molar-refractivity contribution >= 4 is 9.84 Å². The van der Waals surface area contributed by atoms with Crippen LogP contribution in [0.3, 0.4) is 0 Å². The quantitative estimate of drug-likeness (QED) is 0.944. The van der Waals surface area contributed by atoms with E-state index >= 15 is 0 Å². The first-order chi connectivity index (χ1) is 9.81. The molecule has 3 nitrogen and oxygen atoms in total. The second-order valence-electron chi connectivity index (χ2n) is 4.77. The van der Waals surface area contributed by atoms with Crippen molar-refractivity contribution in [3.8, 4) is 0 Å². The third-order valence-electron chi connectivity index (χ3n) is 3.15. The number of benzene rings is 2. The first kappa shape index (κ1) is 15.6. The second kappa shape index (κ2) is 5.91. The van der Waals surface area contributed by atoms with Crippen molar-refractivity contribution in [3.05, 3.63) is 65.2 Å². The molecule has 0 heterocycles. The Bertz CT molecular complexity index is 723. The van der Waals surface area contributed by atoms with Crippen LogP contribution in [-0.4, -0.2) is 21.7 Å². The Morgan fingerprint density at radius 1 is 0.952 bits per heavy atom. The minimum Gasteiger partial charge on any atom is -0.309 e. The molecule has 2 aromatic carbocycles. The summed E-state index contributed by atoms with van der Waals surface area (Å²) in [6.45, 7) is 0. The fourth-order valence-electron chi connectivity index (χ4n) is 2.18. The molecule has 0 saturated carbocycles. The van der Waals surface area contributed by atoms with Gasteiger partial charge in [0.15, 0.2) is 9.84 Å². The first-order valence-electron chi connectivity index (χ1n) is 6.24. The molecule has 6 heteroatoms. The van der Waals surface area contributed by atoms with Crippen LogP contribution in [0.5, 0.6) is 0 Å². The molecule has 1 atom stereocenters. The number of hydrogen-bond acceptors (Lipinski definition) is 3. The van der Waals surface area contributed by atoms with Crippen LogP contribution in [0.2, 0.25) is 0 Å². The summed E-state index contributed by atoms with van der Waals surface area (Å²) in [7, 11) is -1.61. The van der Waals surface area contributed by atoms with Gasteiger partial charge >= 0.3 is 0 Å². The van der Waals surface area contributed by atoms with Crippen molar-refractivity contribution in [3.63, 3.8) is 0 Å². The van der Waals surface area contributed by atoms with Crippen LogP contribution in [0.15, 0.2) is 47.4 Å². The van der Waals surface area contributed by atoms with Gasteiger partial charge in [-0.05, 0) is 42.4 Å². The molecule has 112 valence electrons. The Kier molecular flexibility index (Phi) is 4.39. The van der Waals surface area contributed by atoms with E-state index in [4.69, 9.17) is 0 Å². The SMILES string of the molecule is CNC(c1ccc(S(C)(=O)=O)cc1)c1cc(F)cc(F)c1. The van der Waals surface area contributed by atoms with Crippen molar-refractivity contribution in [1.82, 2.24) is 5.32 Å². The lowest BCUT2D eigenvalue weighted by atomic mass is 9.99. The lowest BCUT2D eigenvalue weighted by Gasteiger charge is -2.17. The maximum absolute atomic E-state index is 13.3. The van der Waals surface area contributed by atoms with Crippen molar-refractivity contribution < 1.29 is 17.2 Å². The van der Waals surface area contributed by atoms with E-state index < -0.39 is 27.5 Å². The summed E-state index contributed by atoms with van der Waals surface area (Å²) in [5.41, 5.74) is 1.15. The zero-order chi connectivity index (χ0) is 15.6. The maximum atomic E-state index is 13.3. The van der Waals surface area contributed by atoms with Gasteiger partial charge in [0.05, 0.1) is 10.9 Å². The van der Waals surface area contributed by atoms with E-state index in [1.54, 1.807) is 19.2 Å². The number of hydrogen-bond donors (Lipinski definition) is 1. The van der Waals surface area contributed by atoms with Gasteiger partial charge in [0.2, 0.25) is 0 Å². The molecule has 0 saturated heterocycles. The van der Waals surface area contributed by atoms with Gasteiger partial charge in [-0.2, -0.15) is 0 Å². The molecule has 0 amide bonds. The molecule has 2 aromatic rings. The lowest BCUT2D eigenvalue weighted by molar-refractivity contribution is 0.571. The van der Waals surface area contributed by atoms with Crippen LogP contribution < -0.4 is 5.32 Å². The van der Waals surface area contributed by atoms with Crippen LogP contribution in [0.1, 0.15) is 17.2 Å². The summed E-state index contributed by atoms with van der Waals surface area (Å²) in [5, 5.41) is 2.96. The molecule has 1 unspecified atom stereocenters. The highest BCUT2D eigenvalue weighted by atomic mass is 32.2. The molecular weight excluding hydrogens is 296 g/mol. The first-order valence-corrected chi connectivity index (χ1v) is 8.13. The van der Waals surface area contributed by atoms with E-state index in [-0.39, 0.29) is 4.90 Å². The Labute approximate surface area is 122 Å². The predicted molar refractivity (Wildman–Crippen MR) is 76.8 cm³/mol. The molecule has 0 aliphatic rings. The fourth-order valence-corrected chi connectivity index (χ4v) is 2.81. The van der Waals surface area contributed by atoms with Crippen LogP contribution >= 0.6 is 0 Å². The molecule has 0 fully saturated rings. The lowest BCUT2D eigenvalue weighted by Crippen LogP contribution is -2.18. The summed E-state index contributed by atoms with van der Waals surface area (Å²) in [5.74, 6) is -1.31. The smallest absolute Gasteiger partial charge is 0.175 e. The number of halogens is 2. The molecule has 2 rings (SSSR count). The topological polar surface area (TPSA) is 46.2 Å². The van der Waals surface area contributed by atoms with Gasteiger partial charge in [-0.3, -0.25) is 0 Å². The normalized spacial score (nSPS) is 13.1. The van der Waals surface area contributed by atoms with Crippen LogP contribution in [0.4, 0.5) is 8.78 Å². The standard InChI is InChI=1S/C15H15F2NO2S/c1-18-15(11-7-12(16)9-13(17)8-11)10-3-5-14(6-4-10)21(2,19)20/h3-9,15,18H,1-2H3. The third-order valence-corrected chi connectivity index (χ3v) is 4.28. The van der Waals surface area contributed by atoms with E-state index in [1.165, 1.54) is 24.3 Å². The van der Waals surface area contributed by atoms with Crippen molar-refractivity contribution in [2.75, 3.05) is 13.3 Å². The Morgan fingerprint density at radius 2 is 1.48 bits per heavy atom. The average Bonchev–Trinajstić information content (AvgIpc) is 2.38. The molecule has 21 heavy (non-hydrogen) atoms. The molecule has 0 bridgehead atoms. The number of nitrogens with one attached hydrogen (secondary N) is 1. The zero-order valence-corrected chi connectivity index (χ0v) is 12.4. The van der Waals surface area contributed by atoms with Gasteiger partial charge in [0.1, 0.15) is 11.6 Å². The summed E-state index contributed by atoms with van der Waals surface area (Å²) in [6, 6.07) is 9.08. The highest BCUT2D eigenvalue weighted by Crippen LogP contribution is 2.24. The fraction of sp³-hybridized carbons (Fsp3) is 0.200. The van der Waals surface area contributed by atoms with Gasteiger partial charge in [-0.1, -0.05) is 12.1 Å². The summed E-state index contributed by atoms with van der Waals surface area (Å²) in [6.07, 6.45) is 1.12. The van der Waals surface area contributed by atoms with Crippen LogP contribution in [0, 0.1) is 11.6 Å². The average molecular weight is 311 g/mol. The van der Waals surface area contributed by atoms with Gasteiger partial charge < -0.3 is 5.32 Å². The zero-order valence-electron chi connectivity index (χ0n) is 11.6. The number of rotatable bonds is 4. The second-order valence-corrected chi connectivity index (χ2v) is 6.78. The Balaban J connectivity index is 2.42. The highest BCUT2D eigenvalue weighted by Gasteiger charge is 2.15. The molecule has 0 aliphatic heterocycles. The molecular formula is C15H15F2NO2S. The largest absolute Gasteiger partial charge is 0.309 e. The van der Waals surface area contributed by atoms with E-state index in [2.05, 4.69) is 5.32 Å². The van der Waals surface area contributed by atoms with Gasteiger partial charge in [0, 0.05) is 12.3 Å². The van der Waals surface area contributed by atoms with E-state index in [0.29, 0.717) is 5.56 Å². The molecule has 1 N–H and O–H groups in total. The van der Waals surface area contributed by atoms with Crippen molar-refractivity contribution in [2.24, 2.45) is 0 Å². The Hall–Kier alpha value is -1.79. The van der Waals surface area contributed by atoms with E-state index in [9.17, 15) is 17.2 Å². The predicted octanol–water partition coefficient (Wildman–Crippen LogP) is 2.68. The third kappa shape index (κ3) is 3.65. The molecule has 0 aliphatic carbocycles. The summed E-state index contributed by atoms with van der Waals surface area (Å²) < 4.78 is 49.5.